The third kappa shape index (κ3) is 4.78. The molecule has 1 aromatic heterocycles. The second-order valence-electron chi connectivity index (χ2n) is 7.33. The summed E-state index contributed by atoms with van der Waals surface area (Å²) in [5.74, 6) is 1.14. The number of hydrogen-bond acceptors (Lipinski definition) is 4. The van der Waals surface area contributed by atoms with Gasteiger partial charge in [0.25, 0.3) is 5.91 Å². The fourth-order valence-electron chi connectivity index (χ4n) is 3.96. The van der Waals surface area contributed by atoms with E-state index >= 15 is 0 Å². The van der Waals surface area contributed by atoms with Gasteiger partial charge in [-0.3, -0.25) is 9.59 Å². The van der Waals surface area contributed by atoms with Gasteiger partial charge < -0.3 is 15.1 Å². The van der Waals surface area contributed by atoms with Gasteiger partial charge in [0.1, 0.15) is 0 Å². The molecule has 0 bridgehead atoms. The molecule has 1 aromatic rings. The van der Waals surface area contributed by atoms with E-state index in [0.29, 0.717) is 28.2 Å². The van der Waals surface area contributed by atoms with E-state index in [2.05, 4.69) is 10.2 Å². The molecule has 5 nitrogen and oxygen atoms in total. The Morgan fingerprint density at radius 2 is 1.77 bits per heavy atom. The van der Waals surface area contributed by atoms with Gasteiger partial charge in [0.05, 0.1) is 9.21 Å². The minimum absolute atomic E-state index is 0.0400. The van der Waals surface area contributed by atoms with Crippen molar-refractivity contribution in [2.75, 3.05) is 39.8 Å². The molecule has 1 N–H and O–H groups in total. The summed E-state index contributed by atoms with van der Waals surface area (Å²) in [6.45, 7) is 4.15. The Labute approximate surface area is 164 Å². The van der Waals surface area contributed by atoms with E-state index in [9.17, 15) is 9.59 Å². The van der Waals surface area contributed by atoms with Crippen molar-refractivity contribution < 1.29 is 9.59 Å². The highest BCUT2D eigenvalue weighted by molar-refractivity contribution is 7.17. The Hall–Kier alpha value is -1.11. The first-order chi connectivity index (χ1) is 12.6. The van der Waals surface area contributed by atoms with E-state index < -0.39 is 0 Å². The van der Waals surface area contributed by atoms with Crippen LogP contribution in [0, 0.1) is 11.8 Å². The summed E-state index contributed by atoms with van der Waals surface area (Å²) in [5, 5.41) is 3.21. The number of amides is 2. The van der Waals surface area contributed by atoms with Gasteiger partial charge >= 0.3 is 0 Å². The van der Waals surface area contributed by atoms with Crippen LogP contribution in [0.1, 0.15) is 41.8 Å². The first kappa shape index (κ1) is 19.6. The van der Waals surface area contributed by atoms with Crippen LogP contribution in [0.2, 0.25) is 4.34 Å². The molecular formula is C19H28ClN3O2S. The molecule has 2 fully saturated rings. The zero-order valence-electron chi connectivity index (χ0n) is 15.4. The largest absolute Gasteiger partial charge is 0.342 e. The predicted molar refractivity (Wildman–Crippen MR) is 106 cm³/mol. The average molecular weight is 398 g/mol. The quantitative estimate of drug-likeness (QED) is 0.830. The van der Waals surface area contributed by atoms with Crippen molar-refractivity contribution in [2.45, 2.75) is 32.1 Å². The van der Waals surface area contributed by atoms with Crippen molar-refractivity contribution >= 4 is 34.8 Å². The number of rotatable bonds is 5. The summed E-state index contributed by atoms with van der Waals surface area (Å²) in [5.41, 5.74) is 0. The van der Waals surface area contributed by atoms with E-state index in [0.717, 1.165) is 51.2 Å². The monoisotopic (exact) mass is 397 g/mol. The molecule has 0 aliphatic carbocycles. The van der Waals surface area contributed by atoms with Crippen LogP contribution in [-0.2, 0) is 4.79 Å². The number of piperidine rings is 2. The summed E-state index contributed by atoms with van der Waals surface area (Å²) < 4.78 is 0.636. The maximum absolute atomic E-state index is 12.8. The van der Waals surface area contributed by atoms with Crippen LogP contribution in [-0.4, -0.2) is 61.4 Å². The molecule has 26 heavy (non-hydrogen) atoms. The van der Waals surface area contributed by atoms with Gasteiger partial charge in [-0.1, -0.05) is 11.6 Å². The smallest absolute Gasteiger partial charge is 0.263 e. The third-order valence-corrected chi connectivity index (χ3v) is 6.86. The highest BCUT2D eigenvalue weighted by atomic mass is 35.5. The number of likely N-dealkylation sites (tertiary alicyclic amines) is 2. The molecule has 3 heterocycles. The number of nitrogens with zero attached hydrogens (tertiary/aromatic N) is 2. The van der Waals surface area contributed by atoms with Gasteiger partial charge in [-0.15, -0.1) is 11.3 Å². The first-order valence-electron chi connectivity index (χ1n) is 9.56. The highest BCUT2D eigenvalue weighted by Crippen LogP contribution is 2.27. The standard InChI is InChI=1S/C19H28ClN3O2S/c1-21-9-4-14-5-10-22(11-6-14)18(24)15-7-12-23(13-8-15)19(25)16-2-3-17(20)26-16/h2-3,14-15,21H,4-13H2,1H3. The average Bonchev–Trinajstić information content (AvgIpc) is 3.12. The van der Waals surface area contributed by atoms with Crippen molar-refractivity contribution in [1.82, 2.24) is 15.1 Å². The number of hydrogen-bond donors (Lipinski definition) is 1. The zero-order valence-corrected chi connectivity index (χ0v) is 17.0. The van der Waals surface area contributed by atoms with Crippen molar-refractivity contribution in [3.05, 3.63) is 21.3 Å². The van der Waals surface area contributed by atoms with Gasteiger partial charge in [-0.25, -0.2) is 0 Å². The van der Waals surface area contributed by atoms with E-state index in [1.165, 1.54) is 17.8 Å². The Bertz CT molecular complexity index is 620. The van der Waals surface area contributed by atoms with Gasteiger partial charge in [0.15, 0.2) is 0 Å². The lowest BCUT2D eigenvalue weighted by atomic mass is 9.90. The van der Waals surface area contributed by atoms with Crippen LogP contribution in [0.3, 0.4) is 0 Å². The zero-order chi connectivity index (χ0) is 18.5. The van der Waals surface area contributed by atoms with Crippen LogP contribution in [0.4, 0.5) is 0 Å². The number of nitrogens with one attached hydrogen (secondary N) is 1. The molecule has 3 rings (SSSR count). The molecule has 0 aromatic carbocycles. The van der Waals surface area contributed by atoms with Crippen LogP contribution >= 0.6 is 22.9 Å². The molecule has 0 spiro atoms. The van der Waals surface area contributed by atoms with Crippen molar-refractivity contribution in [3.63, 3.8) is 0 Å². The molecule has 0 unspecified atom stereocenters. The van der Waals surface area contributed by atoms with Crippen molar-refractivity contribution in [3.8, 4) is 0 Å². The lowest BCUT2D eigenvalue weighted by molar-refractivity contribution is -0.138. The molecule has 2 amide bonds. The lowest BCUT2D eigenvalue weighted by Gasteiger charge is -2.37. The summed E-state index contributed by atoms with van der Waals surface area (Å²) >= 11 is 7.25. The van der Waals surface area contributed by atoms with Gasteiger partial charge in [0, 0.05) is 32.1 Å². The minimum atomic E-state index is 0.0400. The van der Waals surface area contributed by atoms with Crippen LogP contribution in [0.25, 0.3) is 0 Å². The van der Waals surface area contributed by atoms with Gasteiger partial charge in [-0.05, 0) is 63.7 Å². The SMILES string of the molecule is CNCCC1CCN(C(=O)C2CCN(C(=O)c3ccc(Cl)s3)CC2)CC1. The third-order valence-electron chi connectivity index (χ3n) is 5.64. The Morgan fingerprint density at radius 1 is 1.12 bits per heavy atom. The van der Waals surface area contributed by atoms with E-state index in [4.69, 9.17) is 11.6 Å². The summed E-state index contributed by atoms with van der Waals surface area (Å²) in [4.78, 5) is 29.9. The second-order valence-corrected chi connectivity index (χ2v) is 9.05. The highest BCUT2D eigenvalue weighted by Gasteiger charge is 2.32. The topological polar surface area (TPSA) is 52.7 Å². The maximum Gasteiger partial charge on any atom is 0.263 e. The molecule has 2 aliphatic heterocycles. The fraction of sp³-hybridized carbons (Fsp3) is 0.684. The minimum Gasteiger partial charge on any atom is -0.342 e. The first-order valence-corrected chi connectivity index (χ1v) is 10.8. The van der Waals surface area contributed by atoms with Crippen LogP contribution < -0.4 is 5.32 Å². The Kier molecular flexibility index (Phi) is 6.95. The van der Waals surface area contributed by atoms with Crippen LogP contribution in [0.5, 0.6) is 0 Å². The Morgan fingerprint density at radius 3 is 2.35 bits per heavy atom. The molecule has 2 aliphatic rings. The van der Waals surface area contributed by atoms with Gasteiger partial charge in [-0.2, -0.15) is 0 Å². The van der Waals surface area contributed by atoms with E-state index in [1.807, 2.05) is 11.9 Å². The maximum atomic E-state index is 12.8. The van der Waals surface area contributed by atoms with Gasteiger partial charge in [0.2, 0.25) is 5.91 Å². The number of thiophene rings is 1. The summed E-state index contributed by atoms with van der Waals surface area (Å²) in [7, 11) is 1.99. The Balaban J connectivity index is 1.44. The number of halogens is 1. The predicted octanol–water partition coefficient (Wildman–Crippen LogP) is 3.10. The van der Waals surface area contributed by atoms with Crippen LogP contribution in [0.15, 0.2) is 12.1 Å². The molecule has 0 atom stereocenters. The van der Waals surface area contributed by atoms with E-state index in [-0.39, 0.29) is 11.8 Å². The molecule has 144 valence electrons. The molecule has 0 radical (unpaired) electrons. The summed E-state index contributed by atoms with van der Waals surface area (Å²) in [6.07, 6.45) is 4.96. The second kappa shape index (κ2) is 9.20. The molecule has 2 saturated heterocycles. The molecule has 0 saturated carbocycles. The number of carbonyl (C=O) groups is 2. The van der Waals surface area contributed by atoms with E-state index in [1.54, 1.807) is 12.1 Å². The molecule has 7 heteroatoms. The number of carbonyl (C=O) groups excluding carboxylic acids is 2. The fourth-order valence-corrected chi connectivity index (χ4v) is 4.97. The van der Waals surface area contributed by atoms with Crippen molar-refractivity contribution in [1.29, 1.82) is 0 Å². The van der Waals surface area contributed by atoms with Crippen molar-refractivity contribution in [2.24, 2.45) is 11.8 Å². The summed E-state index contributed by atoms with van der Waals surface area (Å²) in [6, 6.07) is 3.54. The molecular weight excluding hydrogens is 370 g/mol. The lowest BCUT2D eigenvalue weighted by Crippen LogP contribution is -2.46. The normalized spacial score (nSPS) is 19.8.